The molecule has 1 aliphatic heterocycles. The van der Waals surface area contributed by atoms with Crippen molar-refractivity contribution in [3.05, 3.63) is 36.4 Å². The van der Waals surface area contributed by atoms with Crippen LogP contribution in [0.3, 0.4) is 0 Å². The lowest BCUT2D eigenvalue weighted by atomic mass is 10.2. The first-order valence-electron chi connectivity index (χ1n) is 6.74. The summed E-state index contributed by atoms with van der Waals surface area (Å²) in [4.78, 5) is 11.6. The van der Waals surface area contributed by atoms with Gasteiger partial charge in [-0.3, -0.25) is 0 Å². The highest BCUT2D eigenvalue weighted by molar-refractivity contribution is 5.04. The zero-order valence-corrected chi connectivity index (χ0v) is 10.9. The number of aryl methyl sites for hydroxylation is 2. The molecule has 3 heterocycles. The quantitative estimate of drug-likeness (QED) is 0.839. The lowest BCUT2D eigenvalue weighted by Crippen LogP contribution is -2.34. The molecule has 6 nitrogen and oxygen atoms in total. The number of imidazole rings is 2. The number of hydrogen-bond donors (Lipinski definition) is 2. The number of morpholine rings is 1. The van der Waals surface area contributed by atoms with Crippen LogP contribution in [0.4, 0.5) is 0 Å². The summed E-state index contributed by atoms with van der Waals surface area (Å²) in [7, 11) is 0. The van der Waals surface area contributed by atoms with E-state index in [4.69, 9.17) is 4.74 Å². The van der Waals surface area contributed by atoms with Crippen LogP contribution < -0.4 is 5.32 Å². The summed E-state index contributed by atoms with van der Waals surface area (Å²) in [5.41, 5.74) is 1.16. The average Bonchev–Trinajstić information content (AvgIpc) is 3.11. The molecule has 0 aliphatic carbocycles. The van der Waals surface area contributed by atoms with Gasteiger partial charge in [0.25, 0.3) is 0 Å². The van der Waals surface area contributed by atoms with Gasteiger partial charge in [0.1, 0.15) is 11.9 Å². The number of aromatic amines is 1. The first-order valence-corrected chi connectivity index (χ1v) is 6.74. The molecule has 2 N–H and O–H groups in total. The molecule has 1 unspecified atom stereocenters. The van der Waals surface area contributed by atoms with Crippen LogP contribution in [0, 0.1) is 0 Å². The number of rotatable bonds is 5. The van der Waals surface area contributed by atoms with Crippen LogP contribution in [0.5, 0.6) is 0 Å². The molecule has 0 spiro atoms. The number of nitrogens with zero attached hydrogens (tertiary/aromatic N) is 3. The summed E-state index contributed by atoms with van der Waals surface area (Å²) in [6.07, 6.45) is 9.56. The van der Waals surface area contributed by atoms with Crippen LogP contribution >= 0.6 is 0 Å². The third-order valence-electron chi connectivity index (χ3n) is 3.37. The fourth-order valence-corrected chi connectivity index (χ4v) is 2.39. The summed E-state index contributed by atoms with van der Waals surface area (Å²) in [5.74, 6) is 1.04. The van der Waals surface area contributed by atoms with Crippen molar-refractivity contribution in [3.8, 4) is 0 Å². The molecular formula is C13H19N5O. The summed E-state index contributed by atoms with van der Waals surface area (Å²) in [5, 5.41) is 3.35. The van der Waals surface area contributed by atoms with Crippen molar-refractivity contribution in [1.82, 2.24) is 24.8 Å². The Bertz CT molecular complexity index is 487. The lowest BCUT2D eigenvalue weighted by molar-refractivity contribution is 0.0227. The van der Waals surface area contributed by atoms with Gasteiger partial charge in [-0.05, 0) is 6.42 Å². The van der Waals surface area contributed by atoms with Crippen LogP contribution in [-0.2, 0) is 17.7 Å². The Labute approximate surface area is 112 Å². The normalized spacial score (nSPS) is 19.7. The Morgan fingerprint density at radius 3 is 3.26 bits per heavy atom. The van der Waals surface area contributed by atoms with Crippen molar-refractivity contribution in [3.63, 3.8) is 0 Å². The predicted molar refractivity (Wildman–Crippen MR) is 70.7 cm³/mol. The monoisotopic (exact) mass is 261 g/mol. The molecule has 0 bridgehead atoms. The smallest absolute Gasteiger partial charge is 0.111 e. The number of ether oxygens (including phenoxy) is 1. The van der Waals surface area contributed by atoms with E-state index in [0.29, 0.717) is 0 Å². The Kier molecular flexibility index (Phi) is 3.90. The van der Waals surface area contributed by atoms with Crippen LogP contribution in [0.25, 0.3) is 0 Å². The van der Waals surface area contributed by atoms with Crippen molar-refractivity contribution < 1.29 is 4.74 Å². The maximum atomic E-state index is 5.77. The molecule has 0 aromatic carbocycles. The molecular weight excluding hydrogens is 242 g/mol. The molecule has 1 fully saturated rings. The Hall–Kier alpha value is -1.66. The van der Waals surface area contributed by atoms with E-state index in [-0.39, 0.29) is 6.10 Å². The average molecular weight is 261 g/mol. The molecule has 1 atom stereocenters. The second kappa shape index (κ2) is 5.99. The van der Waals surface area contributed by atoms with Gasteiger partial charge in [0.2, 0.25) is 0 Å². The highest BCUT2D eigenvalue weighted by Crippen LogP contribution is 2.18. The summed E-state index contributed by atoms with van der Waals surface area (Å²) in [6.45, 7) is 3.51. The molecule has 0 amide bonds. The summed E-state index contributed by atoms with van der Waals surface area (Å²) >= 11 is 0. The highest BCUT2D eigenvalue weighted by atomic mass is 16.5. The summed E-state index contributed by atoms with van der Waals surface area (Å²) in [6, 6.07) is 0. The van der Waals surface area contributed by atoms with Gasteiger partial charge in [-0.15, -0.1) is 0 Å². The van der Waals surface area contributed by atoms with E-state index < -0.39 is 0 Å². The molecule has 2 aromatic heterocycles. The van der Waals surface area contributed by atoms with E-state index in [9.17, 15) is 0 Å². The Balaban J connectivity index is 1.57. The van der Waals surface area contributed by atoms with Crippen molar-refractivity contribution in [1.29, 1.82) is 0 Å². The van der Waals surface area contributed by atoms with Crippen molar-refractivity contribution in [2.45, 2.75) is 25.5 Å². The van der Waals surface area contributed by atoms with Crippen molar-refractivity contribution in [2.24, 2.45) is 0 Å². The number of aromatic nitrogens is 4. The van der Waals surface area contributed by atoms with Crippen LogP contribution in [0.1, 0.15) is 24.0 Å². The van der Waals surface area contributed by atoms with Crippen LogP contribution in [-0.4, -0.2) is 39.2 Å². The third-order valence-corrected chi connectivity index (χ3v) is 3.37. The van der Waals surface area contributed by atoms with Crippen LogP contribution in [0.2, 0.25) is 0 Å². The van der Waals surface area contributed by atoms with Gasteiger partial charge in [0.05, 0.1) is 24.8 Å². The molecule has 6 heteroatoms. The topological polar surface area (TPSA) is 67.8 Å². The maximum Gasteiger partial charge on any atom is 0.111 e. The summed E-state index contributed by atoms with van der Waals surface area (Å²) < 4.78 is 7.95. The predicted octanol–water partition coefficient (Wildman–Crippen LogP) is 0.900. The molecule has 0 saturated carbocycles. The Morgan fingerprint density at radius 1 is 1.47 bits per heavy atom. The van der Waals surface area contributed by atoms with E-state index in [0.717, 1.165) is 50.6 Å². The van der Waals surface area contributed by atoms with Gasteiger partial charge in [0.15, 0.2) is 0 Å². The van der Waals surface area contributed by atoms with Gasteiger partial charge in [0, 0.05) is 38.4 Å². The second-order valence-electron chi connectivity index (χ2n) is 4.71. The van der Waals surface area contributed by atoms with Crippen molar-refractivity contribution >= 4 is 0 Å². The van der Waals surface area contributed by atoms with Gasteiger partial charge in [-0.2, -0.15) is 0 Å². The molecule has 102 valence electrons. The number of H-pyrrole nitrogens is 1. The van der Waals surface area contributed by atoms with E-state index in [1.807, 2.05) is 18.7 Å². The molecule has 0 radical (unpaired) electrons. The van der Waals surface area contributed by atoms with Gasteiger partial charge in [-0.1, -0.05) is 0 Å². The third kappa shape index (κ3) is 3.02. The van der Waals surface area contributed by atoms with E-state index in [1.165, 1.54) is 0 Å². The maximum absolute atomic E-state index is 5.77. The first-order chi connectivity index (χ1) is 9.43. The molecule has 1 aliphatic rings. The van der Waals surface area contributed by atoms with Crippen LogP contribution in [0.15, 0.2) is 24.9 Å². The van der Waals surface area contributed by atoms with Gasteiger partial charge >= 0.3 is 0 Å². The van der Waals surface area contributed by atoms with E-state index in [2.05, 4.69) is 24.8 Å². The molecule has 2 aromatic rings. The SMILES string of the molecule is c1c[nH]c(CCCn2cncc2C2CNCCO2)n1. The minimum absolute atomic E-state index is 0.125. The first kappa shape index (κ1) is 12.4. The van der Waals surface area contributed by atoms with Crippen molar-refractivity contribution in [2.75, 3.05) is 19.7 Å². The van der Waals surface area contributed by atoms with E-state index in [1.54, 1.807) is 6.20 Å². The highest BCUT2D eigenvalue weighted by Gasteiger charge is 2.19. The second-order valence-corrected chi connectivity index (χ2v) is 4.71. The van der Waals surface area contributed by atoms with E-state index >= 15 is 0 Å². The zero-order valence-electron chi connectivity index (χ0n) is 10.9. The minimum atomic E-state index is 0.125. The van der Waals surface area contributed by atoms with Gasteiger partial charge in [-0.25, -0.2) is 9.97 Å². The largest absolute Gasteiger partial charge is 0.369 e. The minimum Gasteiger partial charge on any atom is -0.369 e. The fourth-order valence-electron chi connectivity index (χ4n) is 2.39. The van der Waals surface area contributed by atoms with Gasteiger partial charge < -0.3 is 19.6 Å². The molecule has 3 rings (SSSR count). The zero-order chi connectivity index (χ0) is 12.9. The fraction of sp³-hybridized carbons (Fsp3) is 0.538. The molecule has 1 saturated heterocycles. The standard InChI is InChI=1S/C13H19N5O/c1(2-13-16-3-4-17-13)6-18-10-15-8-11(18)12-9-14-5-7-19-12/h3-4,8,10,12,14H,1-2,5-7,9H2,(H,16,17). The molecule has 19 heavy (non-hydrogen) atoms. The number of nitrogens with one attached hydrogen (secondary N) is 2. The number of hydrogen-bond acceptors (Lipinski definition) is 4. The Morgan fingerprint density at radius 2 is 2.47 bits per heavy atom. The lowest BCUT2D eigenvalue weighted by Gasteiger charge is -2.24.